The summed E-state index contributed by atoms with van der Waals surface area (Å²) in [4.78, 5) is 17.1. The number of fused-ring (bicyclic) bond motifs is 1. The van der Waals surface area contributed by atoms with Gasteiger partial charge in [0, 0.05) is 6.54 Å². The topological polar surface area (TPSA) is 34.9 Å². The lowest BCUT2D eigenvalue weighted by Gasteiger charge is -2.15. The molecule has 0 radical (unpaired) electrons. The molecule has 0 saturated heterocycles. The Hall–Kier alpha value is -1.35. The maximum atomic E-state index is 12.5. The summed E-state index contributed by atoms with van der Waals surface area (Å²) >= 11 is 6.17. The molecule has 19 heavy (non-hydrogen) atoms. The van der Waals surface area contributed by atoms with Crippen molar-refractivity contribution in [2.24, 2.45) is 5.92 Å². The zero-order valence-electron chi connectivity index (χ0n) is 11.6. The molecule has 2 aromatic rings. The Labute approximate surface area is 118 Å². The average Bonchev–Trinajstić information content (AvgIpc) is 2.37. The van der Waals surface area contributed by atoms with Crippen LogP contribution in [0.1, 0.15) is 38.4 Å². The summed E-state index contributed by atoms with van der Waals surface area (Å²) in [5.41, 5.74) is 0.726. The highest BCUT2D eigenvalue weighted by molar-refractivity contribution is 6.20. The van der Waals surface area contributed by atoms with Crippen molar-refractivity contribution >= 4 is 22.5 Å². The number of hydrogen-bond donors (Lipinski definition) is 0. The number of hydrogen-bond acceptors (Lipinski definition) is 2. The van der Waals surface area contributed by atoms with Crippen molar-refractivity contribution in [1.29, 1.82) is 0 Å². The fourth-order valence-corrected chi connectivity index (χ4v) is 2.26. The molecule has 0 aliphatic rings. The van der Waals surface area contributed by atoms with Gasteiger partial charge < -0.3 is 0 Å². The number of para-hydroxylation sites is 1. The first kappa shape index (κ1) is 14.1. The fraction of sp³-hybridized carbons (Fsp3) is 0.467. The van der Waals surface area contributed by atoms with E-state index in [0.717, 1.165) is 11.9 Å². The number of halogens is 1. The van der Waals surface area contributed by atoms with Gasteiger partial charge in [-0.15, -0.1) is 11.6 Å². The molecule has 0 fully saturated rings. The van der Waals surface area contributed by atoms with Crippen molar-refractivity contribution in [2.75, 3.05) is 0 Å². The third-order valence-electron chi connectivity index (χ3n) is 3.18. The predicted octanol–water partition coefficient (Wildman–Crippen LogP) is 3.74. The Bertz CT molecular complexity index is 632. The molecule has 4 heteroatoms. The van der Waals surface area contributed by atoms with Gasteiger partial charge in [-0.05, 0) is 31.4 Å². The van der Waals surface area contributed by atoms with Crippen molar-refractivity contribution < 1.29 is 0 Å². The van der Waals surface area contributed by atoms with Crippen molar-refractivity contribution in [3.05, 3.63) is 40.4 Å². The molecule has 3 nitrogen and oxygen atoms in total. The molecule has 1 atom stereocenters. The Balaban J connectivity index is 2.61. The van der Waals surface area contributed by atoms with E-state index in [1.807, 2.05) is 31.2 Å². The van der Waals surface area contributed by atoms with Gasteiger partial charge >= 0.3 is 0 Å². The SMILES string of the molecule is CC(C)CCn1c(C(C)Cl)nc2ccccc2c1=O. The molecule has 0 aliphatic carbocycles. The van der Waals surface area contributed by atoms with Crippen molar-refractivity contribution in [3.63, 3.8) is 0 Å². The molecule has 0 N–H and O–H groups in total. The summed E-state index contributed by atoms with van der Waals surface area (Å²) in [5, 5.41) is 0.386. The molecule has 2 rings (SSSR count). The van der Waals surface area contributed by atoms with Crippen LogP contribution >= 0.6 is 11.6 Å². The summed E-state index contributed by atoms with van der Waals surface area (Å²) < 4.78 is 1.72. The second-order valence-electron chi connectivity index (χ2n) is 5.24. The molecule has 0 bridgehead atoms. The minimum Gasteiger partial charge on any atom is -0.295 e. The molecule has 102 valence electrons. The first-order chi connectivity index (χ1) is 9.00. The van der Waals surface area contributed by atoms with Crippen molar-refractivity contribution in [3.8, 4) is 0 Å². The second-order valence-corrected chi connectivity index (χ2v) is 5.90. The summed E-state index contributed by atoms with van der Waals surface area (Å²) in [6.45, 7) is 6.80. The molecule has 0 spiro atoms. The molecule has 1 aromatic carbocycles. The Morgan fingerprint density at radius 3 is 2.58 bits per heavy atom. The largest absolute Gasteiger partial charge is 0.295 e. The van der Waals surface area contributed by atoms with Gasteiger partial charge in [-0.25, -0.2) is 4.98 Å². The summed E-state index contributed by atoms with van der Waals surface area (Å²) in [7, 11) is 0. The van der Waals surface area contributed by atoms with E-state index in [9.17, 15) is 4.79 Å². The second kappa shape index (κ2) is 5.74. The van der Waals surface area contributed by atoms with E-state index in [1.165, 1.54) is 0 Å². The fourth-order valence-electron chi connectivity index (χ4n) is 2.09. The van der Waals surface area contributed by atoms with Crippen molar-refractivity contribution in [1.82, 2.24) is 9.55 Å². The van der Waals surface area contributed by atoms with Crippen LogP contribution in [0.3, 0.4) is 0 Å². The van der Waals surface area contributed by atoms with E-state index in [4.69, 9.17) is 11.6 Å². The Morgan fingerprint density at radius 2 is 1.95 bits per heavy atom. The van der Waals surface area contributed by atoms with Crippen LogP contribution in [0.2, 0.25) is 0 Å². The van der Waals surface area contributed by atoms with Crippen LogP contribution in [0.5, 0.6) is 0 Å². The standard InChI is InChI=1S/C15H19ClN2O/c1-10(2)8-9-18-14(11(3)16)17-13-7-5-4-6-12(13)15(18)19/h4-7,10-11H,8-9H2,1-3H3. The lowest BCUT2D eigenvalue weighted by molar-refractivity contribution is 0.492. The number of nitrogens with zero attached hydrogens (tertiary/aromatic N) is 2. The van der Waals surface area contributed by atoms with Crippen LogP contribution in [-0.4, -0.2) is 9.55 Å². The highest BCUT2D eigenvalue weighted by atomic mass is 35.5. The van der Waals surface area contributed by atoms with Gasteiger partial charge in [0.15, 0.2) is 0 Å². The molecule has 0 aliphatic heterocycles. The monoisotopic (exact) mass is 278 g/mol. The van der Waals surface area contributed by atoms with E-state index in [2.05, 4.69) is 18.8 Å². The third-order valence-corrected chi connectivity index (χ3v) is 3.37. The quantitative estimate of drug-likeness (QED) is 0.799. The van der Waals surface area contributed by atoms with Gasteiger partial charge in [0.25, 0.3) is 5.56 Å². The van der Waals surface area contributed by atoms with E-state index in [-0.39, 0.29) is 10.9 Å². The zero-order chi connectivity index (χ0) is 14.0. The lowest BCUT2D eigenvalue weighted by atomic mass is 10.1. The number of benzene rings is 1. The van der Waals surface area contributed by atoms with Crippen molar-refractivity contribution in [2.45, 2.75) is 39.1 Å². The maximum absolute atomic E-state index is 12.5. The molecule has 0 amide bonds. The zero-order valence-corrected chi connectivity index (χ0v) is 12.3. The number of aromatic nitrogens is 2. The lowest BCUT2D eigenvalue weighted by Crippen LogP contribution is -2.26. The average molecular weight is 279 g/mol. The van der Waals surface area contributed by atoms with Gasteiger partial charge in [0.2, 0.25) is 0 Å². The van der Waals surface area contributed by atoms with Crippen LogP contribution in [0.15, 0.2) is 29.1 Å². The van der Waals surface area contributed by atoms with Crippen LogP contribution in [0.25, 0.3) is 10.9 Å². The first-order valence-corrected chi connectivity index (χ1v) is 7.08. The smallest absolute Gasteiger partial charge is 0.261 e. The van der Waals surface area contributed by atoms with Gasteiger partial charge in [0.05, 0.1) is 16.3 Å². The number of rotatable bonds is 4. The van der Waals surface area contributed by atoms with E-state index >= 15 is 0 Å². The molecular formula is C15H19ClN2O. The highest BCUT2D eigenvalue weighted by Crippen LogP contribution is 2.19. The first-order valence-electron chi connectivity index (χ1n) is 6.64. The third kappa shape index (κ3) is 2.98. The Morgan fingerprint density at radius 1 is 1.26 bits per heavy atom. The molecule has 1 aromatic heterocycles. The normalized spacial score (nSPS) is 13.1. The van der Waals surface area contributed by atoms with Crippen LogP contribution < -0.4 is 5.56 Å². The summed E-state index contributed by atoms with van der Waals surface area (Å²) in [6, 6.07) is 7.42. The summed E-state index contributed by atoms with van der Waals surface area (Å²) in [6.07, 6.45) is 0.941. The van der Waals surface area contributed by atoms with Crippen LogP contribution in [-0.2, 0) is 6.54 Å². The predicted molar refractivity (Wildman–Crippen MR) is 79.7 cm³/mol. The van der Waals surface area contributed by atoms with Crippen LogP contribution in [0.4, 0.5) is 0 Å². The Kier molecular flexibility index (Phi) is 4.25. The van der Waals surface area contributed by atoms with Gasteiger partial charge in [0.1, 0.15) is 5.82 Å². The van der Waals surface area contributed by atoms with Crippen LogP contribution in [0, 0.1) is 5.92 Å². The van der Waals surface area contributed by atoms with Gasteiger partial charge in [-0.2, -0.15) is 0 Å². The molecular weight excluding hydrogens is 260 g/mol. The maximum Gasteiger partial charge on any atom is 0.261 e. The summed E-state index contributed by atoms with van der Waals surface area (Å²) in [5.74, 6) is 1.20. The van der Waals surface area contributed by atoms with Gasteiger partial charge in [-0.3, -0.25) is 9.36 Å². The van der Waals surface area contributed by atoms with E-state index in [0.29, 0.717) is 23.7 Å². The van der Waals surface area contributed by atoms with E-state index < -0.39 is 0 Å². The minimum absolute atomic E-state index is 0.00810. The molecule has 0 saturated carbocycles. The molecule has 1 heterocycles. The van der Waals surface area contributed by atoms with Gasteiger partial charge in [-0.1, -0.05) is 26.0 Å². The molecule has 1 unspecified atom stereocenters. The highest BCUT2D eigenvalue weighted by Gasteiger charge is 2.14. The number of alkyl halides is 1. The minimum atomic E-state index is -0.274. The van der Waals surface area contributed by atoms with E-state index in [1.54, 1.807) is 4.57 Å².